The van der Waals surface area contributed by atoms with Crippen molar-refractivity contribution in [3.05, 3.63) is 102 Å². The Kier molecular flexibility index (Phi) is 8.55. The lowest BCUT2D eigenvalue weighted by Gasteiger charge is -2.27. The summed E-state index contributed by atoms with van der Waals surface area (Å²) in [5.41, 5.74) is 2.20. The van der Waals surface area contributed by atoms with Crippen LogP contribution in [0.5, 0.6) is 0 Å². The fraction of sp³-hybridized carbons (Fsp3) is 0.167. The normalized spacial score (nSPS) is 12.2. The summed E-state index contributed by atoms with van der Waals surface area (Å²) in [5, 5.41) is 0. The van der Waals surface area contributed by atoms with Gasteiger partial charge in [-0.05, 0) is 30.0 Å². The number of thioether (sulfide) groups is 1. The average molecular weight is 360 g/mol. The second kappa shape index (κ2) is 11.2. The van der Waals surface area contributed by atoms with Crippen LogP contribution in [0.2, 0.25) is 0 Å². The second-order valence-corrected chi connectivity index (χ2v) is 6.61. The Morgan fingerprint density at radius 3 is 2.12 bits per heavy atom. The van der Waals surface area contributed by atoms with Crippen LogP contribution in [-0.2, 0) is 0 Å². The Bertz CT molecular complexity index is 771. The van der Waals surface area contributed by atoms with E-state index in [1.54, 1.807) is 11.8 Å². The molecule has 2 rings (SSSR count). The summed E-state index contributed by atoms with van der Waals surface area (Å²) in [5.74, 6) is 6.80. The van der Waals surface area contributed by atoms with Gasteiger partial charge in [-0.15, -0.1) is 24.9 Å². The minimum atomic E-state index is -0.0126. The fourth-order valence-electron chi connectivity index (χ4n) is 2.60. The smallest absolute Gasteiger partial charge is 0.104 e. The van der Waals surface area contributed by atoms with Crippen molar-refractivity contribution in [2.45, 2.75) is 6.04 Å². The lowest BCUT2D eigenvalue weighted by atomic mass is 10.1. The molecule has 0 aliphatic carbocycles. The van der Waals surface area contributed by atoms with E-state index >= 15 is 0 Å². The number of rotatable bonds is 8. The average Bonchev–Trinajstić information content (AvgIpc) is 2.69. The summed E-state index contributed by atoms with van der Waals surface area (Å²) < 4.78 is 0. The van der Waals surface area contributed by atoms with E-state index in [4.69, 9.17) is 0 Å². The minimum absolute atomic E-state index is 0.0126. The third kappa shape index (κ3) is 6.11. The summed E-state index contributed by atoms with van der Waals surface area (Å²) in [6.07, 6.45) is 8.16. The van der Waals surface area contributed by atoms with Gasteiger partial charge >= 0.3 is 0 Å². The van der Waals surface area contributed by atoms with Gasteiger partial charge in [-0.25, -0.2) is 0 Å². The highest BCUT2D eigenvalue weighted by Crippen LogP contribution is 2.24. The Morgan fingerprint density at radius 2 is 1.58 bits per heavy atom. The molecular weight excluding hydrogens is 334 g/mol. The van der Waals surface area contributed by atoms with Crippen LogP contribution >= 0.6 is 11.8 Å². The molecule has 26 heavy (non-hydrogen) atoms. The Labute approximate surface area is 162 Å². The van der Waals surface area contributed by atoms with E-state index in [0.717, 1.165) is 18.7 Å². The quantitative estimate of drug-likeness (QED) is 0.453. The molecule has 0 heterocycles. The van der Waals surface area contributed by atoms with Gasteiger partial charge < -0.3 is 0 Å². The molecule has 0 saturated carbocycles. The maximum Gasteiger partial charge on any atom is 0.104 e. The van der Waals surface area contributed by atoms with E-state index in [1.807, 2.05) is 48.6 Å². The summed E-state index contributed by atoms with van der Waals surface area (Å²) in [7, 11) is 0. The zero-order valence-electron chi connectivity index (χ0n) is 15.3. The van der Waals surface area contributed by atoms with E-state index in [1.165, 1.54) is 10.5 Å². The molecule has 2 heteroatoms. The molecular formula is C24H25NS. The van der Waals surface area contributed by atoms with E-state index in [9.17, 15) is 0 Å². The van der Waals surface area contributed by atoms with Gasteiger partial charge in [0.15, 0.2) is 0 Å². The zero-order valence-corrected chi connectivity index (χ0v) is 16.1. The predicted octanol–water partition coefficient (Wildman–Crippen LogP) is 5.48. The second-order valence-electron chi connectivity index (χ2n) is 5.73. The number of hydrogen-bond acceptors (Lipinski definition) is 2. The molecule has 0 fully saturated rings. The number of benzene rings is 2. The molecule has 1 atom stereocenters. The van der Waals surface area contributed by atoms with E-state index in [-0.39, 0.29) is 6.04 Å². The first-order valence-electron chi connectivity index (χ1n) is 8.61. The third-order valence-electron chi connectivity index (χ3n) is 3.83. The summed E-state index contributed by atoms with van der Waals surface area (Å²) in [6.45, 7) is 9.32. The van der Waals surface area contributed by atoms with Crippen LogP contribution in [-0.4, -0.2) is 30.3 Å². The van der Waals surface area contributed by atoms with Gasteiger partial charge in [-0.1, -0.05) is 72.5 Å². The van der Waals surface area contributed by atoms with Gasteiger partial charge in [0.05, 0.1) is 0 Å². The van der Waals surface area contributed by atoms with Crippen LogP contribution in [0.4, 0.5) is 0 Å². The number of hydrogen-bond donors (Lipinski definition) is 0. The molecule has 0 aliphatic rings. The van der Waals surface area contributed by atoms with Crippen molar-refractivity contribution in [2.24, 2.45) is 0 Å². The van der Waals surface area contributed by atoms with Crippen molar-refractivity contribution in [3.63, 3.8) is 0 Å². The zero-order chi connectivity index (χ0) is 18.6. The van der Waals surface area contributed by atoms with Crippen molar-refractivity contribution in [3.8, 4) is 11.8 Å². The van der Waals surface area contributed by atoms with Gasteiger partial charge in [0.1, 0.15) is 6.04 Å². The van der Waals surface area contributed by atoms with Crippen molar-refractivity contribution in [1.82, 2.24) is 4.90 Å². The summed E-state index contributed by atoms with van der Waals surface area (Å²) in [6, 6.07) is 20.5. The molecule has 0 amide bonds. The summed E-state index contributed by atoms with van der Waals surface area (Å²) in [4.78, 5) is 3.49. The van der Waals surface area contributed by atoms with Crippen molar-refractivity contribution < 1.29 is 0 Å². The molecule has 132 valence electrons. The molecule has 0 saturated heterocycles. The lowest BCUT2D eigenvalue weighted by molar-refractivity contribution is 0.324. The van der Waals surface area contributed by atoms with Crippen LogP contribution in [0.1, 0.15) is 11.1 Å². The molecule has 0 bridgehead atoms. The largest absolute Gasteiger partial charge is 0.278 e. The van der Waals surface area contributed by atoms with Gasteiger partial charge in [-0.3, -0.25) is 4.90 Å². The fourth-order valence-corrected chi connectivity index (χ4v) is 3.28. The van der Waals surface area contributed by atoms with Gasteiger partial charge in [0.25, 0.3) is 0 Å². The Morgan fingerprint density at radius 1 is 1.00 bits per heavy atom. The first kappa shape index (κ1) is 19.8. The van der Waals surface area contributed by atoms with Crippen LogP contribution in [0.3, 0.4) is 0 Å². The van der Waals surface area contributed by atoms with E-state index < -0.39 is 0 Å². The van der Waals surface area contributed by atoms with Crippen molar-refractivity contribution in [1.29, 1.82) is 0 Å². The standard InChI is InChI=1S/C24H25NS/c1-4-18-25(19-5-2)23(17-16-21-12-8-6-9-13-21)24(26-3)20-22-14-10-7-11-15-22/h4-15,20,23H,1-2,18-19H2,3H3/b24-20-. The van der Waals surface area contributed by atoms with Gasteiger partial charge in [-0.2, -0.15) is 0 Å². The monoisotopic (exact) mass is 359 g/mol. The van der Waals surface area contributed by atoms with Crippen molar-refractivity contribution in [2.75, 3.05) is 19.3 Å². The molecule has 2 aromatic rings. The molecule has 0 aliphatic heterocycles. The Hall–Kier alpha value is -2.47. The van der Waals surface area contributed by atoms with Gasteiger partial charge in [0.2, 0.25) is 0 Å². The first-order valence-corrected chi connectivity index (χ1v) is 9.84. The maximum absolute atomic E-state index is 3.90. The molecule has 1 nitrogen and oxygen atoms in total. The van der Waals surface area contributed by atoms with Crippen LogP contribution < -0.4 is 0 Å². The lowest BCUT2D eigenvalue weighted by Crippen LogP contribution is -2.35. The van der Waals surface area contributed by atoms with Gasteiger partial charge in [0, 0.05) is 23.6 Å². The van der Waals surface area contributed by atoms with Crippen LogP contribution in [0.15, 0.2) is 90.9 Å². The van der Waals surface area contributed by atoms with Crippen molar-refractivity contribution >= 4 is 17.8 Å². The third-order valence-corrected chi connectivity index (χ3v) is 4.65. The minimum Gasteiger partial charge on any atom is -0.278 e. The van der Waals surface area contributed by atoms with Crippen LogP contribution in [0.25, 0.3) is 6.08 Å². The molecule has 0 radical (unpaired) electrons. The van der Waals surface area contributed by atoms with E-state index in [0.29, 0.717) is 0 Å². The van der Waals surface area contributed by atoms with E-state index in [2.05, 4.69) is 66.5 Å². The molecule has 0 N–H and O–H groups in total. The highest BCUT2D eigenvalue weighted by molar-refractivity contribution is 8.02. The maximum atomic E-state index is 3.90. The van der Waals surface area contributed by atoms with Crippen LogP contribution in [0, 0.1) is 11.8 Å². The SMILES string of the molecule is C=CCN(CC=C)C(C#Cc1ccccc1)/C(=C/c1ccccc1)SC. The molecule has 0 spiro atoms. The summed E-state index contributed by atoms with van der Waals surface area (Å²) >= 11 is 1.74. The Balaban J connectivity index is 2.43. The molecule has 1 unspecified atom stereocenters. The highest BCUT2D eigenvalue weighted by atomic mass is 32.2. The first-order chi connectivity index (χ1) is 12.8. The molecule has 2 aromatic carbocycles. The molecule has 0 aromatic heterocycles. The highest BCUT2D eigenvalue weighted by Gasteiger charge is 2.18. The number of nitrogens with zero attached hydrogens (tertiary/aromatic N) is 1. The predicted molar refractivity (Wildman–Crippen MR) is 117 cm³/mol. The topological polar surface area (TPSA) is 3.24 Å².